The molecule has 0 saturated carbocycles. The molecule has 29 heavy (non-hydrogen) atoms. The molecule has 3 aromatic rings. The summed E-state index contributed by atoms with van der Waals surface area (Å²) in [4.78, 5) is 9.13. The van der Waals surface area contributed by atoms with Gasteiger partial charge in [-0.2, -0.15) is 10.5 Å². The summed E-state index contributed by atoms with van der Waals surface area (Å²) in [6.45, 7) is 4.45. The largest absolute Gasteiger partial charge is 0.369 e. The molecule has 0 aliphatic carbocycles. The second-order valence-corrected chi connectivity index (χ2v) is 7.66. The van der Waals surface area contributed by atoms with Gasteiger partial charge >= 0.3 is 0 Å². The molecule has 144 valence electrons. The Balaban J connectivity index is 1.56. The van der Waals surface area contributed by atoms with Crippen LogP contribution < -0.4 is 4.90 Å². The normalized spacial score (nSPS) is 14.9. The maximum Gasteiger partial charge on any atom is 0.103 e. The highest BCUT2D eigenvalue weighted by Crippen LogP contribution is 2.32. The van der Waals surface area contributed by atoms with Crippen molar-refractivity contribution in [2.75, 3.05) is 31.1 Å². The summed E-state index contributed by atoms with van der Waals surface area (Å²) in [6, 6.07) is 17.9. The van der Waals surface area contributed by atoms with Gasteiger partial charge < -0.3 is 4.90 Å². The molecule has 0 radical (unpaired) electrons. The number of pyridine rings is 1. The molecular formula is C23H20ClN5. The lowest BCUT2D eigenvalue weighted by molar-refractivity contribution is 0.285. The number of rotatable bonds is 3. The van der Waals surface area contributed by atoms with Crippen molar-refractivity contribution in [1.82, 2.24) is 9.88 Å². The number of nitrogens with zero attached hydrogens (tertiary/aromatic N) is 5. The molecular weight excluding hydrogens is 382 g/mol. The van der Waals surface area contributed by atoms with Crippen molar-refractivity contribution in [2.24, 2.45) is 0 Å². The van der Waals surface area contributed by atoms with Crippen molar-refractivity contribution >= 4 is 28.2 Å². The minimum atomic E-state index is 0.584. The average Bonchev–Trinajstić information content (AvgIpc) is 2.98. The lowest BCUT2D eigenvalue weighted by Crippen LogP contribution is -2.31. The van der Waals surface area contributed by atoms with Crippen molar-refractivity contribution in [2.45, 2.75) is 13.0 Å². The number of fused-ring (bicyclic) bond motifs is 1. The van der Waals surface area contributed by atoms with Crippen LogP contribution >= 0.6 is 11.6 Å². The van der Waals surface area contributed by atoms with Crippen LogP contribution in [-0.4, -0.2) is 36.1 Å². The number of hydrogen-bond donors (Lipinski definition) is 0. The zero-order valence-corrected chi connectivity index (χ0v) is 16.7. The first-order chi connectivity index (χ1) is 14.2. The maximum absolute atomic E-state index is 9.65. The van der Waals surface area contributed by atoms with Gasteiger partial charge in [0.2, 0.25) is 0 Å². The fraction of sp³-hybridized carbons (Fsp3) is 0.261. The van der Waals surface area contributed by atoms with E-state index in [4.69, 9.17) is 16.9 Å². The number of anilines is 1. The molecule has 1 saturated heterocycles. The zero-order valence-electron chi connectivity index (χ0n) is 16.0. The molecule has 0 bridgehead atoms. The molecule has 4 rings (SSSR count). The van der Waals surface area contributed by atoms with Crippen LogP contribution in [0.15, 0.2) is 48.7 Å². The third kappa shape index (κ3) is 4.17. The SMILES string of the molecule is N#Cc1ccc(CN2CCCN(c3c(C#N)cnc4ccc(Cl)cc34)CC2)cc1. The smallest absolute Gasteiger partial charge is 0.103 e. The molecule has 0 N–H and O–H groups in total. The molecule has 1 aromatic heterocycles. The van der Waals surface area contributed by atoms with Crippen molar-refractivity contribution in [3.63, 3.8) is 0 Å². The summed E-state index contributed by atoms with van der Waals surface area (Å²) in [7, 11) is 0. The molecule has 6 heteroatoms. The van der Waals surface area contributed by atoms with Crippen LogP contribution in [0, 0.1) is 22.7 Å². The van der Waals surface area contributed by atoms with Crippen LogP contribution in [0.25, 0.3) is 10.9 Å². The van der Waals surface area contributed by atoms with Gasteiger partial charge in [-0.05, 0) is 42.3 Å². The second-order valence-electron chi connectivity index (χ2n) is 7.22. The molecule has 0 spiro atoms. The van der Waals surface area contributed by atoms with Crippen LogP contribution in [0.3, 0.4) is 0 Å². The van der Waals surface area contributed by atoms with E-state index in [-0.39, 0.29) is 0 Å². The Labute approximate surface area is 175 Å². The number of aromatic nitrogens is 1. The van der Waals surface area contributed by atoms with Crippen LogP contribution in [0.2, 0.25) is 5.02 Å². The Morgan fingerprint density at radius 3 is 2.55 bits per heavy atom. The highest BCUT2D eigenvalue weighted by atomic mass is 35.5. The van der Waals surface area contributed by atoms with E-state index < -0.39 is 0 Å². The summed E-state index contributed by atoms with van der Waals surface area (Å²) in [5.41, 5.74) is 4.25. The summed E-state index contributed by atoms with van der Waals surface area (Å²) in [6.07, 6.45) is 2.66. The van der Waals surface area contributed by atoms with E-state index in [9.17, 15) is 5.26 Å². The number of hydrogen-bond acceptors (Lipinski definition) is 5. The van der Waals surface area contributed by atoms with Crippen LogP contribution in [-0.2, 0) is 6.54 Å². The van der Waals surface area contributed by atoms with E-state index in [0.717, 1.165) is 55.7 Å². The van der Waals surface area contributed by atoms with Crippen molar-refractivity contribution < 1.29 is 0 Å². The van der Waals surface area contributed by atoms with Gasteiger partial charge in [-0.1, -0.05) is 23.7 Å². The lowest BCUT2D eigenvalue weighted by Gasteiger charge is -2.26. The van der Waals surface area contributed by atoms with Gasteiger partial charge in [0.05, 0.1) is 28.4 Å². The Hall–Kier alpha value is -3.12. The summed E-state index contributed by atoms with van der Waals surface area (Å²) >= 11 is 6.23. The molecule has 0 unspecified atom stereocenters. The third-order valence-corrected chi connectivity index (χ3v) is 5.55. The Bertz CT molecular complexity index is 1110. The zero-order chi connectivity index (χ0) is 20.2. The molecule has 1 aliphatic rings. The molecule has 2 aromatic carbocycles. The minimum Gasteiger partial charge on any atom is -0.369 e. The number of halogens is 1. The highest BCUT2D eigenvalue weighted by Gasteiger charge is 2.20. The van der Waals surface area contributed by atoms with E-state index in [2.05, 4.69) is 26.9 Å². The molecule has 5 nitrogen and oxygen atoms in total. The predicted molar refractivity (Wildman–Crippen MR) is 115 cm³/mol. The molecule has 1 fully saturated rings. The van der Waals surface area contributed by atoms with Gasteiger partial charge in [0.1, 0.15) is 6.07 Å². The summed E-state index contributed by atoms with van der Waals surface area (Å²) in [5, 5.41) is 20.2. The lowest BCUT2D eigenvalue weighted by atomic mass is 10.1. The molecule has 2 heterocycles. The predicted octanol–water partition coefficient (Wildman–Crippen LogP) is 4.34. The standard InChI is InChI=1S/C23H20ClN5/c24-20-6-7-22-21(12-20)23(19(14-26)15-27-22)29-9-1-8-28(10-11-29)16-18-4-2-17(13-25)3-5-18/h2-7,12,15H,1,8-11,16H2. The van der Waals surface area contributed by atoms with E-state index in [0.29, 0.717) is 16.1 Å². The van der Waals surface area contributed by atoms with Crippen molar-refractivity contribution in [1.29, 1.82) is 10.5 Å². The summed E-state index contributed by atoms with van der Waals surface area (Å²) < 4.78 is 0. The molecule has 1 aliphatic heterocycles. The van der Waals surface area contributed by atoms with Gasteiger partial charge in [0.25, 0.3) is 0 Å². The van der Waals surface area contributed by atoms with Crippen LogP contribution in [0.5, 0.6) is 0 Å². The quantitative estimate of drug-likeness (QED) is 0.652. The maximum atomic E-state index is 9.65. The van der Waals surface area contributed by atoms with Gasteiger partial charge in [-0.15, -0.1) is 0 Å². The van der Waals surface area contributed by atoms with E-state index in [1.807, 2.05) is 42.5 Å². The Morgan fingerprint density at radius 1 is 0.966 bits per heavy atom. The van der Waals surface area contributed by atoms with Gasteiger partial charge in [0, 0.05) is 49.3 Å². The van der Waals surface area contributed by atoms with Gasteiger partial charge in [0.15, 0.2) is 0 Å². The van der Waals surface area contributed by atoms with Crippen LogP contribution in [0.1, 0.15) is 23.1 Å². The van der Waals surface area contributed by atoms with E-state index in [1.165, 1.54) is 5.56 Å². The second kappa shape index (κ2) is 8.49. The van der Waals surface area contributed by atoms with E-state index >= 15 is 0 Å². The average molecular weight is 402 g/mol. The topological polar surface area (TPSA) is 67.0 Å². The van der Waals surface area contributed by atoms with E-state index in [1.54, 1.807) is 6.20 Å². The van der Waals surface area contributed by atoms with Crippen molar-refractivity contribution in [3.8, 4) is 12.1 Å². The fourth-order valence-corrected chi connectivity index (χ4v) is 4.04. The number of nitriles is 2. The fourth-order valence-electron chi connectivity index (χ4n) is 3.87. The first kappa shape index (κ1) is 19.2. The summed E-state index contributed by atoms with van der Waals surface area (Å²) in [5.74, 6) is 0. The molecule has 0 atom stereocenters. The highest BCUT2D eigenvalue weighted by molar-refractivity contribution is 6.31. The minimum absolute atomic E-state index is 0.584. The Morgan fingerprint density at radius 2 is 1.79 bits per heavy atom. The number of benzene rings is 2. The first-order valence-corrected chi connectivity index (χ1v) is 10.0. The van der Waals surface area contributed by atoms with Crippen LogP contribution in [0.4, 0.5) is 5.69 Å². The van der Waals surface area contributed by atoms with Gasteiger partial charge in [-0.25, -0.2) is 0 Å². The Kier molecular flexibility index (Phi) is 5.62. The van der Waals surface area contributed by atoms with Crippen molar-refractivity contribution in [3.05, 3.63) is 70.4 Å². The third-order valence-electron chi connectivity index (χ3n) is 5.32. The van der Waals surface area contributed by atoms with Gasteiger partial charge in [-0.3, -0.25) is 9.88 Å². The first-order valence-electron chi connectivity index (χ1n) is 9.62. The monoisotopic (exact) mass is 401 g/mol. The molecule has 0 amide bonds.